The van der Waals surface area contributed by atoms with E-state index in [1.165, 1.54) is 25.3 Å². The quantitative estimate of drug-likeness (QED) is 0.366. The van der Waals surface area contributed by atoms with Gasteiger partial charge in [-0.2, -0.15) is 4.98 Å². The van der Waals surface area contributed by atoms with Crippen LogP contribution in [0.2, 0.25) is 0 Å². The van der Waals surface area contributed by atoms with Gasteiger partial charge in [-0.1, -0.05) is 30.2 Å². The van der Waals surface area contributed by atoms with Gasteiger partial charge < -0.3 is 15.2 Å². The zero-order valence-corrected chi connectivity index (χ0v) is 17.5. The van der Waals surface area contributed by atoms with Gasteiger partial charge in [0.25, 0.3) is 0 Å². The number of nitrogens with one attached hydrogen (secondary N) is 1. The van der Waals surface area contributed by atoms with E-state index in [1.807, 2.05) is 30.3 Å². The number of halogens is 1. The van der Waals surface area contributed by atoms with E-state index >= 15 is 0 Å². The van der Waals surface area contributed by atoms with Crippen LogP contribution in [0.1, 0.15) is 5.56 Å². The first-order valence-electron chi connectivity index (χ1n) is 10.0. The summed E-state index contributed by atoms with van der Waals surface area (Å²) < 4.78 is 19.7. The number of anilines is 2. The maximum absolute atomic E-state index is 14.6. The molecule has 5 aromatic rings. The lowest BCUT2D eigenvalue weighted by molar-refractivity contribution is 0.382. The van der Waals surface area contributed by atoms with Crippen LogP contribution in [-0.4, -0.2) is 27.2 Å². The van der Waals surface area contributed by atoms with E-state index in [-0.39, 0.29) is 17.3 Å². The number of hydrogen-bond donors (Lipinski definition) is 2. The molecule has 33 heavy (non-hydrogen) atoms. The summed E-state index contributed by atoms with van der Waals surface area (Å²) in [6.45, 7) is 0. The number of ether oxygens (including phenoxy) is 1. The van der Waals surface area contributed by atoms with Gasteiger partial charge in [-0.3, -0.25) is 0 Å². The van der Waals surface area contributed by atoms with Crippen LogP contribution in [0.5, 0.6) is 11.8 Å². The van der Waals surface area contributed by atoms with Crippen molar-refractivity contribution in [2.24, 2.45) is 0 Å². The van der Waals surface area contributed by atoms with Crippen molar-refractivity contribution >= 4 is 33.2 Å². The molecule has 0 fully saturated rings. The zero-order valence-electron chi connectivity index (χ0n) is 17.5. The molecule has 0 radical (unpaired) electrons. The second-order valence-corrected chi connectivity index (χ2v) is 7.29. The summed E-state index contributed by atoms with van der Waals surface area (Å²) in [5.74, 6) is 2.41. The molecule has 0 atom stereocenters. The number of terminal acetylenes is 1. The van der Waals surface area contributed by atoms with Crippen LogP contribution in [-0.2, 0) is 0 Å². The van der Waals surface area contributed by atoms with E-state index in [9.17, 15) is 9.50 Å². The fourth-order valence-electron chi connectivity index (χ4n) is 3.77. The third kappa shape index (κ3) is 3.64. The van der Waals surface area contributed by atoms with Crippen molar-refractivity contribution in [3.05, 3.63) is 78.2 Å². The fraction of sp³-hybridized carbons (Fsp3) is 0.0385. The van der Waals surface area contributed by atoms with Crippen molar-refractivity contribution in [3.8, 4) is 35.4 Å². The fourth-order valence-corrected chi connectivity index (χ4v) is 3.77. The lowest BCUT2D eigenvalue weighted by Gasteiger charge is -2.14. The number of fused-ring (bicyclic) bond motifs is 2. The Morgan fingerprint density at radius 1 is 1.06 bits per heavy atom. The van der Waals surface area contributed by atoms with E-state index < -0.39 is 5.82 Å². The van der Waals surface area contributed by atoms with Gasteiger partial charge in [0.1, 0.15) is 17.4 Å². The summed E-state index contributed by atoms with van der Waals surface area (Å²) in [6, 6.07) is 17.4. The number of nitrogens with zero attached hydrogens (tertiary/aromatic N) is 3. The number of aromatic hydroxyl groups is 1. The summed E-state index contributed by atoms with van der Waals surface area (Å²) in [5, 5.41) is 15.4. The molecule has 0 aliphatic rings. The van der Waals surface area contributed by atoms with E-state index in [0.29, 0.717) is 38.8 Å². The minimum atomic E-state index is -0.524. The lowest BCUT2D eigenvalue weighted by atomic mass is 9.96. The van der Waals surface area contributed by atoms with Crippen molar-refractivity contribution in [2.75, 3.05) is 12.4 Å². The summed E-state index contributed by atoms with van der Waals surface area (Å²) >= 11 is 0. The lowest BCUT2D eigenvalue weighted by Crippen LogP contribution is -2.00. The molecule has 5 rings (SSSR count). The first-order chi connectivity index (χ1) is 16.1. The molecule has 0 saturated heterocycles. The van der Waals surface area contributed by atoms with Crippen LogP contribution in [0.4, 0.5) is 15.9 Å². The van der Waals surface area contributed by atoms with E-state index in [1.54, 1.807) is 18.3 Å². The van der Waals surface area contributed by atoms with Gasteiger partial charge in [-0.25, -0.2) is 14.4 Å². The molecule has 0 bridgehead atoms. The molecule has 0 saturated carbocycles. The van der Waals surface area contributed by atoms with Crippen LogP contribution in [0.3, 0.4) is 0 Å². The first kappa shape index (κ1) is 20.2. The Morgan fingerprint density at radius 2 is 1.88 bits per heavy atom. The summed E-state index contributed by atoms with van der Waals surface area (Å²) in [4.78, 5) is 13.4. The number of phenols is 1. The van der Waals surface area contributed by atoms with Crippen molar-refractivity contribution in [3.63, 3.8) is 0 Å². The number of para-hydroxylation sites is 1. The van der Waals surface area contributed by atoms with E-state index in [4.69, 9.17) is 16.1 Å². The Bertz CT molecular complexity index is 1560. The molecule has 0 aliphatic heterocycles. The zero-order chi connectivity index (χ0) is 22.9. The third-order valence-corrected chi connectivity index (χ3v) is 5.25. The van der Waals surface area contributed by atoms with Crippen LogP contribution < -0.4 is 10.1 Å². The van der Waals surface area contributed by atoms with Crippen molar-refractivity contribution < 1.29 is 14.2 Å². The smallest absolute Gasteiger partial charge is 0.316 e. The number of aromatic nitrogens is 3. The van der Waals surface area contributed by atoms with Gasteiger partial charge in [0.15, 0.2) is 0 Å². The van der Waals surface area contributed by atoms with E-state index in [2.05, 4.69) is 21.2 Å². The minimum Gasteiger partial charge on any atom is -0.508 e. The first-order valence-corrected chi connectivity index (χ1v) is 10.0. The monoisotopic (exact) mass is 436 g/mol. The largest absolute Gasteiger partial charge is 0.508 e. The second kappa shape index (κ2) is 8.09. The molecular formula is C26H17FN4O2. The van der Waals surface area contributed by atoms with Gasteiger partial charge in [0.05, 0.1) is 29.3 Å². The van der Waals surface area contributed by atoms with Gasteiger partial charge in [0.2, 0.25) is 0 Å². The van der Waals surface area contributed by atoms with Crippen LogP contribution in [0.15, 0.2) is 66.9 Å². The highest BCUT2D eigenvalue weighted by atomic mass is 19.1. The summed E-state index contributed by atoms with van der Waals surface area (Å²) in [6.07, 6.45) is 7.26. The highest BCUT2D eigenvalue weighted by Gasteiger charge is 2.17. The van der Waals surface area contributed by atoms with Gasteiger partial charge in [-0.05, 0) is 41.8 Å². The molecule has 6 nitrogen and oxygen atoms in total. The normalized spacial score (nSPS) is 10.8. The van der Waals surface area contributed by atoms with Crippen LogP contribution in [0, 0.1) is 18.2 Å². The van der Waals surface area contributed by atoms with E-state index in [0.717, 1.165) is 5.69 Å². The van der Waals surface area contributed by atoms with Crippen molar-refractivity contribution in [1.82, 2.24) is 15.0 Å². The molecule has 0 spiro atoms. The molecule has 2 N–H and O–H groups in total. The van der Waals surface area contributed by atoms with Gasteiger partial charge >= 0.3 is 6.01 Å². The Kier molecular flexibility index (Phi) is 4.96. The highest BCUT2D eigenvalue weighted by Crippen LogP contribution is 2.37. The van der Waals surface area contributed by atoms with Crippen LogP contribution >= 0.6 is 0 Å². The molecule has 0 amide bonds. The average Bonchev–Trinajstić information content (AvgIpc) is 2.84. The molecule has 2 aromatic heterocycles. The number of benzene rings is 3. The maximum atomic E-state index is 14.6. The predicted octanol–water partition coefficient (Wildman–Crippen LogP) is 5.42. The average molecular weight is 436 g/mol. The predicted molar refractivity (Wildman–Crippen MR) is 126 cm³/mol. The summed E-state index contributed by atoms with van der Waals surface area (Å²) in [5.41, 5.74) is 2.40. The molecular weight excluding hydrogens is 419 g/mol. The van der Waals surface area contributed by atoms with Gasteiger partial charge in [0, 0.05) is 22.8 Å². The highest BCUT2D eigenvalue weighted by molar-refractivity contribution is 6.03. The molecule has 0 aliphatic carbocycles. The SMILES string of the molecule is C#Cc1c(F)ccc2cc(O)cc(-c3cc4nc(OC)ncc4c(Nc4ccccc4)n3)c12. The Hall–Kier alpha value is -4.70. The van der Waals surface area contributed by atoms with Crippen molar-refractivity contribution in [1.29, 1.82) is 0 Å². The number of phenolic OH excluding ortho intramolecular Hbond substituents is 1. The second-order valence-electron chi connectivity index (χ2n) is 7.29. The Morgan fingerprint density at radius 3 is 2.64 bits per heavy atom. The topological polar surface area (TPSA) is 80.2 Å². The number of hydrogen-bond acceptors (Lipinski definition) is 6. The Labute approximate surface area is 188 Å². The van der Waals surface area contributed by atoms with Gasteiger partial charge in [-0.15, -0.1) is 6.42 Å². The molecule has 3 aromatic carbocycles. The third-order valence-electron chi connectivity index (χ3n) is 5.25. The molecule has 0 unspecified atom stereocenters. The molecule has 2 heterocycles. The van der Waals surface area contributed by atoms with Crippen molar-refractivity contribution in [2.45, 2.75) is 0 Å². The number of pyridine rings is 1. The minimum absolute atomic E-state index is 0.00631. The maximum Gasteiger partial charge on any atom is 0.316 e. The molecule has 160 valence electrons. The number of methoxy groups -OCH3 is 1. The molecule has 7 heteroatoms. The van der Waals surface area contributed by atoms with Crippen LogP contribution in [0.25, 0.3) is 32.9 Å². The standard InChI is InChI=1S/C26H17FN4O2/c1-3-18-21(27)10-9-15-11-17(32)12-19(24(15)18)22-13-23-20(14-28-26(31-23)33-2)25(30-22)29-16-7-5-4-6-8-16/h1,4-14,32H,2H3,(H,29,30). The summed E-state index contributed by atoms with van der Waals surface area (Å²) in [7, 11) is 1.48. The Balaban J connectivity index is 1.83. The number of rotatable bonds is 4.